The maximum Gasteiger partial charge on any atom is 0.453 e. The van der Waals surface area contributed by atoms with Crippen LogP contribution in [0.2, 0.25) is 0 Å². The van der Waals surface area contributed by atoms with Crippen LogP contribution >= 0.6 is 11.8 Å². The fraction of sp³-hybridized carbons (Fsp3) is 0.714. The molecule has 26 heavy (non-hydrogen) atoms. The molecule has 0 radical (unpaired) electrons. The van der Waals surface area contributed by atoms with Gasteiger partial charge in [0.05, 0.1) is 17.8 Å². The van der Waals surface area contributed by atoms with Crippen molar-refractivity contribution in [2.75, 3.05) is 25.5 Å². The van der Waals surface area contributed by atoms with Crippen LogP contribution in [0.25, 0.3) is 0 Å². The molecule has 2 heterocycles. The number of carbonyl (C=O) groups is 2. The van der Waals surface area contributed by atoms with Crippen LogP contribution in [-0.4, -0.2) is 56.6 Å². The van der Waals surface area contributed by atoms with Gasteiger partial charge < -0.3 is 15.5 Å². The summed E-state index contributed by atoms with van der Waals surface area (Å²) in [6, 6.07) is 0. The van der Waals surface area contributed by atoms with E-state index in [1.54, 1.807) is 18.7 Å². The molecular formula is C14H20F3N5O3S. The van der Waals surface area contributed by atoms with E-state index >= 15 is 0 Å². The van der Waals surface area contributed by atoms with Crippen molar-refractivity contribution in [1.29, 1.82) is 0 Å². The highest BCUT2D eigenvalue weighted by Gasteiger charge is 2.39. The largest absolute Gasteiger partial charge is 0.466 e. The number of hydrogen-bond donors (Lipinski definition) is 1. The Balaban J connectivity index is 1.93. The molecule has 12 heteroatoms. The number of likely N-dealkylation sites (tertiary alicyclic amines) is 1. The molecule has 8 nitrogen and oxygen atoms in total. The van der Waals surface area contributed by atoms with Crippen molar-refractivity contribution in [1.82, 2.24) is 19.8 Å². The number of thioether (sulfide) groups is 1. The summed E-state index contributed by atoms with van der Waals surface area (Å²) < 4.78 is 43.4. The number of hydrogen-bond acceptors (Lipinski definition) is 7. The molecule has 0 spiro atoms. The minimum absolute atomic E-state index is 0.195. The van der Waals surface area contributed by atoms with E-state index in [9.17, 15) is 22.8 Å². The number of ether oxygens (including phenoxy) is 1. The van der Waals surface area contributed by atoms with Crippen LogP contribution in [0.1, 0.15) is 32.5 Å². The minimum Gasteiger partial charge on any atom is -0.466 e. The molecule has 146 valence electrons. The van der Waals surface area contributed by atoms with Crippen molar-refractivity contribution in [3.05, 3.63) is 5.82 Å². The molecule has 0 bridgehead atoms. The number of rotatable bonds is 5. The topological polar surface area (TPSA) is 103 Å². The maximum absolute atomic E-state index is 12.7. The molecule has 1 aromatic heterocycles. The lowest BCUT2D eigenvalue weighted by atomic mass is 9.97. The van der Waals surface area contributed by atoms with Gasteiger partial charge in [-0.15, -0.1) is 10.2 Å². The fourth-order valence-electron chi connectivity index (χ4n) is 2.61. The third-order valence-electron chi connectivity index (χ3n) is 3.97. The maximum atomic E-state index is 12.7. The summed E-state index contributed by atoms with van der Waals surface area (Å²) in [4.78, 5) is 25.8. The Kier molecular flexibility index (Phi) is 6.37. The molecule has 1 aromatic rings. The summed E-state index contributed by atoms with van der Waals surface area (Å²) in [5, 5.41) is 5.54. The van der Waals surface area contributed by atoms with E-state index in [4.69, 9.17) is 10.6 Å². The first-order chi connectivity index (χ1) is 12.1. The average Bonchev–Trinajstić information content (AvgIpc) is 2.95. The number of piperidine rings is 1. The van der Waals surface area contributed by atoms with Crippen molar-refractivity contribution < 1.29 is 27.5 Å². The van der Waals surface area contributed by atoms with E-state index in [0.29, 0.717) is 37.2 Å². The Bertz CT molecular complexity index is 659. The third-order valence-corrected chi connectivity index (χ3v) is 5.02. The Morgan fingerprint density at radius 2 is 1.96 bits per heavy atom. The number of nitrogens with zero attached hydrogens (tertiary/aromatic N) is 4. The highest BCUT2D eigenvalue weighted by molar-refractivity contribution is 8.00. The predicted octanol–water partition coefficient (Wildman–Crippen LogP) is 1.29. The van der Waals surface area contributed by atoms with E-state index in [1.807, 2.05) is 0 Å². The molecule has 1 atom stereocenters. The van der Waals surface area contributed by atoms with Gasteiger partial charge >= 0.3 is 12.1 Å². The molecule has 1 fully saturated rings. The van der Waals surface area contributed by atoms with Crippen LogP contribution in [0.15, 0.2) is 5.16 Å². The molecule has 1 aliphatic heterocycles. The monoisotopic (exact) mass is 395 g/mol. The molecule has 0 aliphatic carbocycles. The lowest BCUT2D eigenvalue weighted by Gasteiger charge is -2.32. The summed E-state index contributed by atoms with van der Waals surface area (Å²) in [6.45, 7) is 4.38. The van der Waals surface area contributed by atoms with Gasteiger partial charge in [0, 0.05) is 13.1 Å². The predicted molar refractivity (Wildman–Crippen MR) is 86.4 cm³/mol. The smallest absolute Gasteiger partial charge is 0.453 e. The molecule has 1 unspecified atom stereocenters. The summed E-state index contributed by atoms with van der Waals surface area (Å²) in [7, 11) is 0. The Hall–Kier alpha value is -1.98. The van der Waals surface area contributed by atoms with Crippen LogP contribution in [0.4, 0.5) is 13.2 Å². The van der Waals surface area contributed by atoms with Crippen molar-refractivity contribution in [3.63, 3.8) is 0 Å². The van der Waals surface area contributed by atoms with Gasteiger partial charge in [0.2, 0.25) is 11.1 Å². The van der Waals surface area contributed by atoms with Gasteiger partial charge in [-0.1, -0.05) is 11.8 Å². The van der Waals surface area contributed by atoms with E-state index in [1.165, 1.54) is 0 Å². The molecule has 2 rings (SSSR count). The first-order valence-electron chi connectivity index (χ1n) is 8.04. The lowest BCUT2D eigenvalue weighted by Crippen LogP contribution is -2.43. The Morgan fingerprint density at radius 1 is 1.35 bits per heavy atom. The molecular weight excluding hydrogens is 375 g/mol. The number of alkyl halides is 3. The summed E-state index contributed by atoms with van der Waals surface area (Å²) in [6.07, 6.45) is -3.73. The highest BCUT2D eigenvalue weighted by atomic mass is 32.2. The number of esters is 1. The molecule has 2 N–H and O–H groups in total. The first-order valence-corrected chi connectivity index (χ1v) is 8.92. The van der Waals surface area contributed by atoms with Crippen LogP contribution in [-0.2, 0) is 20.5 Å². The SMILES string of the molecule is CCOC(=O)C1CCN(C(=O)C(C)Sc2nnc(C(F)(F)F)n2N)CC1. The van der Waals surface area contributed by atoms with Crippen molar-refractivity contribution in [2.24, 2.45) is 5.92 Å². The van der Waals surface area contributed by atoms with Gasteiger partial charge in [-0.25, -0.2) is 4.68 Å². The van der Waals surface area contributed by atoms with Crippen LogP contribution in [0.3, 0.4) is 0 Å². The quantitative estimate of drug-likeness (QED) is 0.455. The second-order valence-corrected chi connectivity index (χ2v) is 7.09. The van der Waals surface area contributed by atoms with Crippen LogP contribution in [0.5, 0.6) is 0 Å². The van der Waals surface area contributed by atoms with Crippen molar-refractivity contribution >= 4 is 23.6 Å². The number of nitrogen functional groups attached to an aromatic ring is 1. The Morgan fingerprint density at radius 3 is 2.46 bits per heavy atom. The van der Waals surface area contributed by atoms with Gasteiger partial charge in [-0.05, 0) is 26.7 Å². The minimum atomic E-state index is -4.72. The third kappa shape index (κ3) is 4.59. The Labute approximate surface area is 152 Å². The zero-order chi connectivity index (χ0) is 19.5. The van der Waals surface area contributed by atoms with Gasteiger partial charge in [-0.2, -0.15) is 13.2 Å². The first kappa shape index (κ1) is 20.3. The number of aromatic nitrogens is 3. The summed E-state index contributed by atoms with van der Waals surface area (Å²) in [5.41, 5.74) is 0. The number of nitrogens with two attached hydrogens (primary N) is 1. The number of amides is 1. The van der Waals surface area contributed by atoms with Gasteiger partial charge in [0.15, 0.2) is 0 Å². The van der Waals surface area contributed by atoms with E-state index in [2.05, 4.69) is 10.2 Å². The standard InChI is InChI=1S/C14H20F3N5O3S/c1-3-25-11(24)9-4-6-21(7-5-9)10(23)8(2)26-13-20-19-12(22(13)18)14(15,16)17/h8-9H,3-7,18H2,1-2H3. The second kappa shape index (κ2) is 8.14. The van der Waals surface area contributed by atoms with Crippen LogP contribution in [0, 0.1) is 5.92 Å². The number of carbonyl (C=O) groups excluding carboxylic acids is 2. The zero-order valence-electron chi connectivity index (χ0n) is 14.3. The number of halogens is 3. The normalized spacial score (nSPS) is 17.2. The van der Waals surface area contributed by atoms with Crippen molar-refractivity contribution in [2.45, 2.75) is 43.3 Å². The highest BCUT2D eigenvalue weighted by Crippen LogP contribution is 2.31. The van der Waals surface area contributed by atoms with Gasteiger partial charge in [0.25, 0.3) is 5.82 Å². The lowest BCUT2D eigenvalue weighted by molar-refractivity contribution is -0.151. The molecule has 1 amide bonds. The van der Waals surface area contributed by atoms with E-state index in [0.717, 1.165) is 11.8 Å². The molecule has 0 aromatic carbocycles. The summed E-state index contributed by atoms with van der Waals surface area (Å²) >= 11 is 0.806. The van der Waals surface area contributed by atoms with Crippen LogP contribution < -0.4 is 5.84 Å². The zero-order valence-corrected chi connectivity index (χ0v) is 15.1. The average molecular weight is 395 g/mol. The van der Waals surface area contributed by atoms with Gasteiger partial charge in [-0.3, -0.25) is 9.59 Å². The second-order valence-electron chi connectivity index (χ2n) is 5.79. The van der Waals surface area contributed by atoms with Crippen molar-refractivity contribution in [3.8, 4) is 0 Å². The van der Waals surface area contributed by atoms with Gasteiger partial charge in [0.1, 0.15) is 0 Å². The fourth-order valence-corrected chi connectivity index (χ4v) is 3.47. The molecule has 1 saturated heterocycles. The summed E-state index contributed by atoms with van der Waals surface area (Å²) in [5.74, 6) is 3.29. The van der Waals surface area contributed by atoms with E-state index in [-0.39, 0.29) is 23.0 Å². The van der Waals surface area contributed by atoms with E-state index < -0.39 is 17.3 Å². The molecule has 0 saturated carbocycles. The molecule has 1 aliphatic rings.